The molecule has 1 amide bonds. The third-order valence-corrected chi connectivity index (χ3v) is 4.35. The van der Waals surface area contributed by atoms with Crippen LogP contribution >= 0.6 is 27.5 Å². The van der Waals surface area contributed by atoms with Gasteiger partial charge in [0.2, 0.25) is 5.91 Å². The molecule has 2 heterocycles. The molecular weight excluding hydrogens is 428 g/mol. The second kappa shape index (κ2) is 7.67. The Kier molecular flexibility index (Phi) is 5.33. The maximum absolute atomic E-state index is 12.1. The molecule has 1 N–H and O–H groups in total. The summed E-state index contributed by atoms with van der Waals surface area (Å²) in [5.74, 6) is -0.0737. The fourth-order valence-corrected chi connectivity index (χ4v) is 2.83. The van der Waals surface area contributed by atoms with Gasteiger partial charge in [0.25, 0.3) is 0 Å². The average molecular weight is 440 g/mol. The summed E-state index contributed by atoms with van der Waals surface area (Å²) in [6.07, 6.45) is 3.99. The molecule has 0 aliphatic carbocycles. The summed E-state index contributed by atoms with van der Waals surface area (Å²) in [6, 6.07) is 7.41. The summed E-state index contributed by atoms with van der Waals surface area (Å²) in [6.45, 7) is 0.275. The number of hydrogen-bond acceptors (Lipinski definition) is 5. The Morgan fingerprint density at radius 3 is 2.77 bits per heavy atom. The summed E-state index contributed by atoms with van der Waals surface area (Å²) in [4.78, 5) is 22.2. The molecule has 9 nitrogen and oxygen atoms in total. The van der Waals surface area contributed by atoms with E-state index in [1.54, 1.807) is 16.9 Å². The molecule has 0 radical (unpaired) electrons. The van der Waals surface area contributed by atoms with E-state index in [0.717, 1.165) is 11.8 Å². The van der Waals surface area contributed by atoms with Gasteiger partial charge in [-0.15, -0.1) is 0 Å². The average Bonchev–Trinajstić information content (AvgIpc) is 3.17. The first-order valence-corrected chi connectivity index (χ1v) is 8.52. The zero-order valence-corrected chi connectivity index (χ0v) is 15.5. The van der Waals surface area contributed by atoms with Crippen molar-refractivity contribution in [3.05, 3.63) is 68.0 Å². The van der Waals surface area contributed by atoms with Gasteiger partial charge in [0, 0.05) is 11.2 Å². The predicted molar refractivity (Wildman–Crippen MR) is 98.0 cm³/mol. The SMILES string of the molecule is O=C(Cn1cc([N+](=O)[O-])cn1)Nc1nn(Cc2ccccc2Cl)cc1Br. The number of nitro groups is 1. The highest BCUT2D eigenvalue weighted by Gasteiger charge is 2.14. The van der Waals surface area contributed by atoms with E-state index in [-0.39, 0.29) is 12.2 Å². The first kappa shape index (κ1) is 18.1. The van der Waals surface area contributed by atoms with Gasteiger partial charge >= 0.3 is 5.69 Å². The van der Waals surface area contributed by atoms with Crippen molar-refractivity contribution >= 4 is 44.9 Å². The number of nitrogens with one attached hydrogen (secondary N) is 1. The van der Waals surface area contributed by atoms with Crippen LogP contribution in [0, 0.1) is 10.1 Å². The maximum Gasteiger partial charge on any atom is 0.307 e. The minimum absolute atomic E-state index is 0.169. The smallest absolute Gasteiger partial charge is 0.307 e. The van der Waals surface area contributed by atoms with Gasteiger partial charge in [-0.3, -0.25) is 24.3 Å². The second-order valence-corrected chi connectivity index (χ2v) is 6.58. The van der Waals surface area contributed by atoms with Gasteiger partial charge in [-0.1, -0.05) is 29.8 Å². The van der Waals surface area contributed by atoms with Crippen LogP contribution in [0.4, 0.5) is 11.5 Å². The number of carbonyl (C=O) groups excluding carboxylic acids is 1. The lowest BCUT2D eigenvalue weighted by Gasteiger charge is -2.04. The van der Waals surface area contributed by atoms with Crippen molar-refractivity contribution in [2.24, 2.45) is 0 Å². The molecule has 26 heavy (non-hydrogen) atoms. The first-order chi connectivity index (χ1) is 12.4. The normalized spacial score (nSPS) is 10.7. The van der Waals surface area contributed by atoms with Crippen LogP contribution in [-0.4, -0.2) is 30.4 Å². The molecule has 0 aliphatic rings. The van der Waals surface area contributed by atoms with E-state index in [2.05, 4.69) is 31.4 Å². The number of nitrogens with zero attached hydrogens (tertiary/aromatic N) is 5. The molecule has 2 aromatic heterocycles. The van der Waals surface area contributed by atoms with E-state index in [1.807, 2.05) is 18.2 Å². The summed E-state index contributed by atoms with van der Waals surface area (Å²) >= 11 is 9.48. The van der Waals surface area contributed by atoms with Gasteiger partial charge in [0.15, 0.2) is 5.82 Å². The second-order valence-electron chi connectivity index (χ2n) is 5.32. The number of halogens is 2. The Morgan fingerprint density at radius 2 is 2.08 bits per heavy atom. The van der Waals surface area contributed by atoms with E-state index in [4.69, 9.17) is 11.6 Å². The van der Waals surface area contributed by atoms with Crippen molar-refractivity contribution in [2.45, 2.75) is 13.1 Å². The molecule has 0 bridgehead atoms. The Morgan fingerprint density at radius 1 is 1.31 bits per heavy atom. The summed E-state index contributed by atoms with van der Waals surface area (Å²) in [7, 11) is 0. The van der Waals surface area contributed by atoms with Crippen molar-refractivity contribution in [3.8, 4) is 0 Å². The molecule has 0 unspecified atom stereocenters. The zero-order chi connectivity index (χ0) is 18.7. The zero-order valence-electron chi connectivity index (χ0n) is 13.2. The number of aromatic nitrogens is 4. The topological polar surface area (TPSA) is 108 Å². The minimum Gasteiger partial charge on any atom is -0.307 e. The van der Waals surface area contributed by atoms with Crippen LogP contribution < -0.4 is 5.32 Å². The van der Waals surface area contributed by atoms with Gasteiger partial charge < -0.3 is 5.32 Å². The van der Waals surface area contributed by atoms with Gasteiger partial charge in [-0.25, -0.2) is 0 Å². The van der Waals surface area contributed by atoms with E-state index >= 15 is 0 Å². The van der Waals surface area contributed by atoms with Crippen LogP contribution in [0.25, 0.3) is 0 Å². The molecule has 1 aromatic carbocycles. The van der Waals surface area contributed by atoms with Crippen LogP contribution in [0.1, 0.15) is 5.56 Å². The third kappa shape index (κ3) is 4.27. The largest absolute Gasteiger partial charge is 0.307 e. The standard InChI is InChI=1S/C15H12BrClN6O3/c16-12-8-22(6-10-3-1-2-4-13(10)17)20-15(12)19-14(24)9-21-7-11(5-18-21)23(25)26/h1-5,7-8H,6,9H2,(H,19,20,24). The fraction of sp³-hybridized carbons (Fsp3) is 0.133. The van der Waals surface area contributed by atoms with Crippen molar-refractivity contribution < 1.29 is 9.72 Å². The predicted octanol–water partition coefficient (Wildman–Crippen LogP) is 3.09. The molecule has 0 aliphatic heterocycles. The van der Waals surface area contributed by atoms with Crippen molar-refractivity contribution in [2.75, 3.05) is 5.32 Å². The summed E-state index contributed by atoms with van der Waals surface area (Å²) in [5, 5.41) is 22.0. The number of carbonyl (C=O) groups is 1. The van der Waals surface area contributed by atoms with Gasteiger partial charge in [0.05, 0.1) is 15.9 Å². The van der Waals surface area contributed by atoms with Crippen LogP contribution in [-0.2, 0) is 17.9 Å². The molecular formula is C15H12BrClN6O3. The summed E-state index contributed by atoms with van der Waals surface area (Å²) in [5.41, 5.74) is 0.717. The monoisotopic (exact) mass is 438 g/mol. The number of hydrogen-bond donors (Lipinski definition) is 1. The first-order valence-electron chi connectivity index (χ1n) is 7.35. The Balaban J connectivity index is 1.66. The summed E-state index contributed by atoms with van der Waals surface area (Å²) < 4.78 is 3.42. The number of amides is 1. The van der Waals surface area contributed by atoms with Crippen molar-refractivity contribution in [1.29, 1.82) is 0 Å². The molecule has 0 saturated heterocycles. The molecule has 0 atom stereocenters. The van der Waals surface area contributed by atoms with Crippen LogP contribution in [0.15, 0.2) is 47.3 Å². The van der Waals surface area contributed by atoms with E-state index < -0.39 is 10.8 Å². The number of benzene rings is 1. The van der Waals surface area contributed by atoms with Crippen LogP contribution in [0.2, 0.25) is 5.02 Å². The van der Waals surface area contributed by atoms with Gasteiger partial charge in [-0.2, -0.15) is 10.2 Å². The lowest BCUT2D eigenvalue weighted by Crippen LogP contribution is -2.19. The quantitative estimate of drug-likeness (QED) is 0.469. The van der Waals surface area contributed by atoms with Crippen molar-refractivity contribution in [3.63, 3.8) is 0 Å². The highest BCUT2D eigenvalue weighted by Crippen LogP contribution is 2.22. The Labute approximate surface area is 160 Å². The Bertz CT molecular complexity index is 970. The molecule has 0 saturated carbocycles. The third-order valence-electron chi connectivity index (χ3n) is 3.40. The molecule has 3 aromatic rings. The van der Waals surface area contributed by atoms with Gasteiger partial charge in [-0.05, 0) is 27.6 Å². The molecule has 0 fully saturated rings. The molecule has 134 valence electrons. The fourth-order valence-electron chi connectivity index (χ4n) is 2.22. The lowest BCUT2D eigenvalue weighted by molar-refractivity contribution is -0.385. The highest BCUT2D eigenvalue weighted by molar-refractivity contribution is 9.10. The molecule has 11 heteroatoms. The minimum atomic E-state index is -0.575. The highest BCUT2D eigenvalue weighted by atomic mass is 79.9. The number of anilines is 1. The maximum atomic E-state index is 12.1. The molecule has 0 spiro atoms. The van der Waals surface area contributed by atoms with E-state index in [1.165, 1.54) is 10.9 Å². The van der Waals surface area contributed by atoms with Gasteiger partial charge in [0.1, 0.15) is 18.9 Å². The van der Waals surface area contributed by atoms with E-state index in [0.29, 0.717) is 21.9 Å². The van der Waals surface area contributed by atoms with Crippen LogP contribution in [0.3, 0.4) is 0 Å². The molecule has 3 rings (SSSR count). The Hall–Kier alpha value is -2.72. The lowest BCUT2D eigenvalue weighted by atomic mass is 10.2. The van der Waals surface area contributed by atoms with E-state index in [9.17, 15) is 14.9 Å². The van der Waals surface area contributed by atoms with Crippen LogP contribution in [0.5, 0.6) is 0 Å². The van der Waals surface area contributed by atoms with Crippen molar-refractivity contribution in [1.82, 2.24) is 19.6 Å². The number of rotatable bonds is 6.